The summed E-state index contributed by atoms with van der Waals surface area (Å²) < 4.78 is 95.6. The van der Waals surface area contributed by atoms with E-state index in [1.807, 2.05) is 0 Å². The molecular weight excluding hydrogens is 453 g/mol. The van der Waals surface area contributed by atoms with Gasteiger partial charge in [-0.2, -0.15) is 35.8 Å². The lowest BCUT2D eigenvalue weighted by Crippen LogP contribution is -2.43. The van der Waals surface area contributed by atoms with Crippen LogP contribution >= 0.6 is 22.9 Å². The molecule has 0 atom stereocenters. The van der Waals surface area contributed by atoms with Gasteiger partial charge in [0.05, 0.1) is 10.5 Å². The molecule has 2 rings (SSSR count). The van der Waals surface area contributed by atoms with Gasteiger partial charge in [0.1, 0.15) is 5.70 Å². The first-order valence-electron chi connectivity index (χ1n) is 7.47. The topological polar surface area (TPSA) is 65.4 Å². The number of rotatable bonds is 5. The van der Waals surface area contributed by atoms with Crippen LogP contribution in [0.5, 0.6) is 0 Å². The first-order valence-corrected chi connectivity index (χ1v) is 8.67. The third kappa shape index (κ3) is 4.66. The first-order chi connectivity index (χ1) is 13.3. The van der Waals surface area contributed by atoms with Crippen LogP contribution in [0.3, 0.4) is 0 Å². The Morgan fingerprint density at radius 1 is 1.31 bits per heavy atom. The minimum Gasteiger partial charge on any atom is -0.429 e. The van der Waals surface area contributed by atoms with Crippen molar-refractivity contribution in [1.29, 1.82) is 0 Å². The predicted octanol–water partition coefficient (Wildman–Crippen LogP) is 5.06. The van der Waals surface area contributed by atoms with Crippen LogP contribution in [0, 0.1) is 6.92 Å². The molecule has 0 saturated carbocycles. The van der Waals surface area contributed by atoms with Gasteiger partial charge in [-0.15, -0.1) is 11.3 Å². The molecule has 0 bridgehead atoms. The Balaban J connectivity index is 2.57. The van der Waals surface area contributed by atoms with E-state index in [0.717, 1.165) is 30.1 Å². The fourth-order valence-corrected chi connectivity index (χ4v) is 3.27. The fraction of sp³-hybridized carbons (Fsp3) is 0.333. The summed E-state index contributed by atoms with van der Waals surface area (Å²) in [5.74, 6) is -8.18. The summed E-state index contributed by atoms with van der Waals surface area (Å²) in [7, 11) is 0.955. The van der Waals surface area contributed by atoms with Crippen molar-refractivity contribution in [1.82, 2.24) is 9.78 Å². The highest BCUT2D eigenvalue weighted by molar-refractivity contribution is 7.19. The molecule has 0 unspecified atom stereocenters. The number of hydrogen-bond donors (Lipinski definition) is 1. The monoisotopic (exact) mass is 464 g/mol. The number of nitrogens with zero attached hydrogens (tertiary/aromatic N) is 3. The number of ether oxygens (including phenoxy) is 1. The van der Waals surface area contributed by atoms with Crippen molar-refractivity contribution in [3.63, 3.8) is 0 Å². The van der Waals surface area contributed by atoms with E-state index in [1.54, 1.807) is 13.0 Å². The second-order valence-corrected chi connectivity index (χ2v) is 7.14. The normalized spacial score (nSPS) is 14.4. The highest BCUT2D eigenvalue weighted by atomic mass is 35.5. The Morgan fingerprint density at radius 2 is 1.93 bits per heavy atom. The second-order valence-electron chi connectivity index (χ2n) is 5.48. The fourth-order valence-electron chi connectivity index (χ4n) is 2.10. The molecule has 2 aromatic heterocycles. The van der Waals surface area contributed by atoms with Gasteiger partial charge in [0, 0.05) is 23.7 Å². The van der Waals surface area contributed by atoms with Crippen molar-refractivity contribution in [2.45, 2.75) is 25.6 Å². The summed E-state index contributed by atoms with van der Waals surface area (Å²) in [5.41, 5.74) is 3.73. The van der Waals surface area contributed by atoms with E-state index in [9.17, 15) is 30.7 Å². The van der Waals surface area contributed by atoms with Crippen molar-refractivity contribution >= 4 is 28.8 Å². The number of aliphatic imine (C=N–C) groups is 1. The van der Waals surface area contributed by atoms with Crippen molar-refractivity contribution < 1.29 is 35.5 Å². The number of halogens is 8. The standard InChI is InChI=1S/C15H12ClF7N4OS/c1-6-3-8(29-11(6)16)7-4-26-27(5-7)12(25-2)9(28-13(17)18)10(24)14(19,20)15(21,22)23/h3-5,13H,24H2,1-2H3. The van der Waals surface area contributed by atoms with E-state index < -0.39 is 36.0 Å². The highest BCUT2D eigenvalue weighted by Crippen LogP contribution is 2.41. The molecule has 29 heavy (non-hydrogen) atoms. The molecule has 0 aliphatic heterocycles. The maximum absolute atomic E-state index is 13.6. The Morgan fingerprint density at radius 3 is 2.38 bits per heavy atom. The zero-order valence-corrected chi connectivity index (χ0v) is 16.1. The number of allylic oxidation sites excluding steroid dienone is 2. The number of aromatic nitrogens is 2. The number of nitrogens with two attached hydrogens (primary N) is 1. The molecular formula is C15H12ClF7N4OS. The van der Waals surface area contributed by atoms with Crippen LogP contribution in [0.2, 0.25) is 4.34 Å². The lowest BCUT2D eigenvalue weighted by Gasteiger charge is -2.23. The van der Waals surface area contributed by atoms with Gasteiger partial charge in [0.2, 0.25) is 0 Å². The quantitative estimate of drug-likeness (QED) is 0.291. The molecule has 0 radical (unpaired) electrons. The van der Waals surface area contributed by atoms with Crippen molar-refractivity contribution in [3.8, 4) is 10.4 Å². The Bertz CT molecular complexity index is 929. The summed E-state index contributed by atoms with van der Waals surface area (Å²) >= 11 is 7.12. The van der Waals surface area contributed by atoms with Gasteiger partial charge < -0.3 is 10.5 Å². The van der Waals surface area contributed by atoms with Crippen molar-refractivity contribution in [2.24, 2.45) is 10.7 Å². The third-order valence-corrected chi connectivity index (χ3v) is 5.11. The summed E-state index contributed by atoms with van der Waals surface area (Å²) in [4.78, 5) is 4.04. The zero-order chi connectivity index (χ0) is 22.1. The summed E-state index contributed by atoms with van der Waals surface area (Å²) in [6.45, 7) is -2.03. The van der Waals surface area contributed by atoms with E-state index >= 15 is 0 Å². The molecule has 5 nitrogen and oxygen atoms in total. The van der Waals surface area contributed by atoms with E-state index in [4.69, 9.17) is 17.3 Å². The largest absolute Gasteiger partial charge is 0.459 e. The Labute approximate surface area is 168 Å². The van der Waals surface area contributed by atoms with Crippen LogP contribution in [0.4, 0.5) is 30.7 Å². The highest BCUT2D eigenvalue weighted by Gasteiger charge is 2.61. The Kier molecular flexibility index (Phi) is 6.52. The molecule has 14 heteroatoms. The maximum Gasteiger partial charge on any atom is 0.459 e. The van der Waals surface area contributed by atoms with Crippen LogP contribution in [-0.2, 0) is 4.74 Å². The van der Waals surface area contributed by atoms with Gasteiger partial charge in [-0.1, -0.05) is 11.6 Å². The summed E-state index contributed by atoms with van der Waals surface area (Å²) in [5, 5.41) is 3.77. The van der Waals surface area contributed by atoms with Crippen LogP contribution in [0.25, 0.3) is 10.4 Å². The van der Waals surface area contributed by atoms with E-state index in [-0.39, 0.29) is 0 Å². The van der Waals surface area contributed by atoms with E-state index in [2.05, 4.69) is 14.8 Å². The number of hydrogen-bond acceptors (Lipinski definition) is 5. The molecule has 0 fully saturated rings. The molecule has 0 saturated heterocycles. The molecule has 0 amide bonds. The average Bonchev–Trinajstić information content (AvgIpc) is 3.20. The van der Waals surface area contributed by atoms with Gasteiger partial charge >= 0.3 is 18.7 Å². The Hall–Kier alpha value is -2.28. The molecule has 0 spiro atoms. The lowest BCUT2D eigenvalue weighted by molar-refractivity contribution is -0.266. The first kappa shape index (κ1) is 23.0. The number of alkyl halides is 7. The van der Waals surface area contributed by atoms with Gasteiger partial charge in [-0.3, -0.25) is 4.99 Å². The van der Waals surface area contributed by atoms with E-state index in [0.29, 0.717) is 19.5 Å². The predicted molar refractivity (Wildman–Crippen MR) is 93.3 cm³/mol. The van der Waals surface area contributed by atoms with Gasteiger partial charge in [-0.05, 0) is 18.6 Å². The molecule has 0 aliphatic carbocycles. The molecule has 2 N–H and O–H groups in total. The van der Waals surface area contributed by atoms with Crippen LogP contribution in [-0.4, -0.2) is 41.4 Å². The van der Waals surface area contributed by atoms with Crippen LogP contribution < -0.4 is 5.73 Å². The smallest absolute Gasteiger partial charge is 0.429 e. The van der Waals surface area contributed by atoms with Crippen LogP contribution in [0.15, 0.2) is 34.9 Å². The van der Waals surface area contributed by atoms with Crippen molar-refractivity contribution in [2.75, 3.05) is 7.05 Å². The molecule has 2 aromatic rings. The minimum atomic E-state index is -6.15. The molecule has 0 aromatic carbocycles. The zero-order valence-electron chi connectivity index (χ0n) is 14.6. The van der Waals surface area contributed by atoms with Crippen LogP contribution in [0.1, 0.15) is 5.56 Å². The SMILES string of the molecule is CN=C(C(OC(F)F)=C(N)C(F)(F)C(F)(F)F)n1cc(-c2cc(C)c(Cl)s2)cn1. The number of thiophene rings is 1. The maximum atomic E-state index is 13.6. The average molecular weight is 465 g/mol. The summed E-state index contributed by atoms with van der Waals surface area (Å²) in [6.07, 6.45) is -3.77. The van der Waals surface area contributed by atoms with Gasteiger partial charge in [0.15, 0.2) is 11.6 Å². The minimum absolute atomic E-state index is 0.378. The molecule has 160 valence electrons. The molecule has 0 aliphatic rings. The lowest BCUT2D eigenvalue weighted by atomic mass is 10.2. The van der Waals surface area contributed by atoms with Gasteiger partial charge in [-0.25, -0.2) is 4.68 Å². The second kappa shape index (κ2) is 8.22. The molecule has 2 heterocycles. The van der Waals surface area contributed by atoms with E-state index in [1.165, 1.54) is 6.20 Å². The summed E-state index contributed by atoms with van der Waals surface area (Å²) in [6, 6.07) is 1.68. The number of aryl methyl sites for hydroxylation is 1. The van der Waals surface area contributed by atoms with Gasteiger partial charge in [0.25, 0.3) is 0 Å². The third-order valence-electron chi connectivity index (χ3n) is 3.50. The van der Waals surface area contributed by atoms with Crippen molar-refractivity contribution in [3.05, 3.63) is 39.8 Å².